The Morgan fingerprint density at radius 1 is 1.47 bits per heavy atom. The summed E-state index contributed by atoms with van der Waals surface area (Å²) in [7, 11) is 0. The van der Waals surface area contributed by atoms with Gasteiger partial charge in [-0.15, -0.1) is 0 Å². The van der Waals surface area contributed by atoms with Crippen molar-refractivity contribution < 1.29 is 9.53 Å². The Kier molecular flexibility index (Phi) is 3.38. The Hall–Kier alpha value is -0.870. The normalized spacial score (nSPS) is 28.9. The summed E-state index contributed by atoms with van der Waals surface area (Å²) in [4.78, 5) is 13.3. The summed E-state index contributed by atoms with van der Waals surface area (Å²) in [5, 5.41) is 2.82. The van der Waals surface area contributed by atoms with Gasteiger partial charge in [-0.1, -0.05) is 12.2 Å². The Morgan fingerprint density at radius 3 is 2.80 bits per heavy atom. The number of carbonyl (C=O) groups excluding carboxylic acids is 1. The number of hydrogen-bond acceptors (Lipinski definition) is 3. The second-order valence-corrected chi connectivity index (χ2v) is 4.29. The molecular weight excluding hydrogens is 192 g/mol. The quantitative estimate of drug-likeness (QED) is 0.660. The molecule has 0 spiro atoms. The Labute approximate surface area is 90.3 Å². The highest BCUT2D eigenvalue weighted by Gasteiger charge is 2.22. The molecule has 1 N–H and O–H groups in total. The van der Waals surface area contributed by atoms with E-state index >= 15 is 0 Å². The molecule has 84 valence electrons. The first-order valence-electron chi connectivity index (χ1n) is 5.51. The number of carbonyl (C=O) groups is 1. The highest BCUT2D eigenvalue weighted by Crippen LogP contribution is 2.14. The van der Waals surface area contributed by atoms with Gasteiger partial charge in [-0.25, -0.2) is 0 Å². The van der Waals surface area contributed by atoms with E-state index in [2.05, 4.69) is 16.8 Å². The van der Waals surface area contributed by atoms with Crippen LogP contribution in [0, 0.1) is 0 Å². The van der Waals surface area contributed by atoms with E-state index in [1.165, 1.54) is 5.57 Å². The second-order valence-electron chi connectivity index (χ2n) is 4.29. The lowest BCUT2D eigenvalue weighted by molar-refractivity contribution is -0.133. The first-order valence-corrected chi connectivity index (χ1v) is 5.51. The van der Waals surface area contributed by atoms with E-state index in [-0.39, 0.29) is 18.6 Å². The topological polar surface area (TPSA) is 41.6 Å². The lowest BCUT2D eigenvalue weighted by Gasteiger charge is -2.32. The fourth-order valence-electron chi connectivity index (χ4n) is 1.99. The zero-order valence-electron chi connectivity index (χ0n) is 9.00. The van der Waals surface area contributed by atoms with Crippen LogP contribution in [0.2, 0.25) is 0 Å². The molecule has 2 saturated heterocycles. The van der Waals surface area contributed by atoms with Crippen LogP contribution in [0.3, 0.4) is 0 Å². The average Bonchev–Trinajstić information content (AvgIpc) is 2.25. The predicted octanol–water partition coefficient (Wildman–Crippen LogP) is 0.153. The zero-order chi connectivity index (χ0) is 10.7. The van der Waals surface area contributed by atoms with Gasteiger partial charge in [0.05, 0.1) is 6.10 Å². The summed E-state index contributed by atoms with van der Waals surface area (Å²) in [6, 6.07) is 0. The van der Waals surface area contributed by atoms with Gasteiger partial charge in [0.15, 0.2) is 0 Å². The SMILES string of the molecule is C=C1CCN(CC2CNC(=O)CO2)CC1. The molecule has 2 heterocycles. The summed E-state index contributed by atoms with van der Waals surface area (Å²) in [6.07, 6.45) is 2.35. The summed E-state index contributed by atoms with van der Waals surface area (Å²) < 4.78 is 5.44. The minimum absolute atomic E-state index is 0.00160. The van der Waals surface area contributed by atoms with Crippen molar-refractivity contribution in [1.29, 1.82) is 0 Å². The summed E-state index contributed by atoms with van der Waals surface area (Å²) in [5.74, 6) is -0.00160. The maximum atomic E-state index is 10.9. The summed E-state index contributed by atoms with van der Waals surface area (Å²) in [5.41, 5.74) is 1.35. The molecule has 0 aromatic rings. The van der Waals surface area contributed by atoms with Crippen LogP contribution >= 0.6 is 0 Å². The van der Waals surface area contributed by atoms with Crippen LogP contribution in [0.25, 0.3) is 0 Å². The van der Waals surface area contributed by atoms with Crippen LogP contribution in [0.5, 0.6) is 0 Å². The molecule has 0 aromatic carbocycles. The summed E-state index contributed by atoms with van der Waals surface area (Å²) in [6.45, 7) is 7.93. The number of piperidine rings is 1. The van der Waals surface area contributed by atoms with Crippen molar-refractivity contribution in [3.05, 3.63) is 12.2 Å². The van der Waals surface area contributed by atoms with Gasteiger partial charge in [0.25, 0.3) is 0 Å². The number of likely N-dealkylation sites (tertiary alicyclic amines) is 1. The van der Waals surface area contributed by atoms with Crippen molar-refractivity contribution in [3.8, 4) is 0 Å². The van der Waals surface area contributed by atoms with Crippen LogP contribution < -0.4 is 5.32 Å². The molecule has 0 aromatic heterocycles. The van der Waals surface area contributed by atoms with Crippen LogP contribution in [0.4, 0.5) is 0 Å². The molecule has 0 bridgehead atoms. The molecule has 4 heteroatoms. The number of hydrogen-bond donors (Lipinski definition) is 1. The number of amides is 1. The van der Waals surface area contributed by atoms with Crippen molar-refractivity contribution >= 4 is 5.91 Å². The molecule has 2 aliphatic heterocycles. The minimum Gasteiger partial charge on any atom is -0.365 e. The lowest BCUT2D eigenvalue weighted by Crippen LogP contribution is -2.49. The molecule has 2 fully saturated rings. The third kappa shape index (κ3) is 3.04. The maximum absolute atomic E-state index is 10.9. The Balaban J connectivity index is 1.72. The number of ether oxygens (including phenoxy) is 1. The van der Waals surface area contributed by atoms with Gasteiger partial charge in [-0.3, -0.25) is 4.79 Å². The minimum atomic E-state index is -0.00160. The second kappa shape index (κ2) is 4.77. The lowest BCUT2D eigenvalue weighted by atomic mass is 10.1. The number of nitrogens with zero attached hydrogens (tertiary/aromatic N) is 1. The first-order chi connectivity index (χ1) is 7.24. The molecule has 4 nitrogen and oxygen atoms in total. The van der Waals surface area contributed by atoms with E-state index < -0.39 is 0 Å². The monoisotopic (exact) mass is 210 g/mol. The smallest absolute Gasteiger partial charge is 0.246 e. The fourth-order valence-corrected chi connectivity index (χ4v) is 1.99. The van der Waals surface area contributed by atoms with Crippen molar-refractivity contribution in [2.24, 2.45) is 0 Å². The van der Waals surface area contributed by atoms with E-state index in [4.69, 9.17) is 4.74 Å². The van der Waals surface area contributed by atoms with Gasteiger partial charge in [0.2, 0.25) is 5.91 Å². The number of morpholine rings is 1. The van der Waals surface area contributed by atoms with E-state index in [0.717, 1.165) is 32.5 Å². The first kappa shape index (κ1) is 10.6. The predicted molar refractivity (Wildman–Crippen MR) is 57.6 cm³/mol. The van der Waals surface area contributed by atoms with Crippen LogP contribution in [0.15, 0.2) is 12.2 Å². The Bertz CT molecular complexity index is 219. The van der Waals surface area contributed by atoms with Crippen LogP contribution in [-0.2, 0) is 9.53 Å². The maximum Gasteiger partial charge on any atom is 0.246 e. The molecule has 1 atom stereocenters. The zero-order valence-corrected chi connectivity index (χ0v) is 9.00. The van der Waals surface area contributed by atoms with E-state index in [0.29, 0.717) is 6.54 Å². The molecular formula is C11H18N2O2. The van der Waals surface area contributed by atoms with E-state index in [9.17, 15) is 4.79 Å². The van der Waals surface area contributed by atoms with E-state index in [1.54, 1.807) is 0 Å². The largest absolute Gasteiger partial charge is 0.365 e. The number of rotatable bonds is 2. The van der Waals surface area contributed by atoms with Crippen molar-refractivity contribution in [1.82, 2.24) is 10.2 Å². The van der Waals surface area contributed by atoms with Crippen molar-refractivity contribution in [3.63, 3.8) is 0 Å². The highest BCUT2D eigenvalue weighted by atomic mass is 16.5. The fraction of sp³-hybridized carbons (Fsp3) is 0.727. The molecule has 2 aliphatic rings. The standard InChI is InChI=1S/C11H18N2O2/c1-9-2-4-13(5-3-9)7-10-6-12-11(14)8-15-10/h10H,1-8H2,(H,12,14). The molecule has 0 saturated carbocycles. The van der Waals surface area contributed by atoms with Gasteiger partial charge in [-0.05, 0) is 12.8 Å². The van der Waals surface area contributed by atoms with Gasteiger partial charge in [0, 0.05) is 26.2 Å². The third-order valence-corrected chi connectivity index (χ3v) is 3.00. The van der Waals surface area contributed by atoms with Gasteiger partial charge in [0.1, 0.15) is 6.61 Å². The number of nitrogens with one attached hydrogen (secondary N) is 1. The highest BCUT2D eigenvalue weighted by molar-refractivity contribution is 5.77. The van der Waals surface area contributed by atoms with E-state index in [1.807, 2.05) is 0 Å². The third-order valence-electron chi connectivity index (χ3n) is 3.00. The van der Waals surface area contributed by atoms with Crippen molar-refractivity contribution in [2.45, 2.75) is 18.9 Å². The van der Waals surface area contributed by atoms with Crippen LogP contribution in [-0.4, -0.2) is 49.7 Å². The molecule has 0 radical (unpaired) electrons. The molecule has 15 heavy (non-hydrogen) atoms. The molecule has 2 rings (SSSR count). The molecule has 0 aliphatic carbocycles. The molecule has 1 amide bonds. The average molecular weight is 210 g/mol. The van der Waals surface area contributed by atoms with Crippen LogP contribution in [0.1, 0.15) is 12.8 Å². The van der Waals surface area contributed by atoms with Crippen molar-refractivity contribution in [2.75, 3.05) is 32.8 Å². The summed E-state index contributed by atoms with van der Waals surface area (Å²) >= 11 is 0. The van der Waals surface area contributed by atoms with Gasteiger partial charge >= 0.3 is 0 Å². The molecule has 1 unspecified atom stereocenters. The van der Waals surface area contributed by atoms with Gasteiger partial charge in [-0.2, -0.15) is 0 Å². The Morgan fingerprint density at radius 2 is 2.20 bits per heavy atom. The van der Waals surface area contributed by atoms with Gasteiger partial charge < -0.3 is 15.0 Å².